The number of carboxylic acid groups (broad SMARTS) is 1. The summed E-state index contributed by atoms with van der Waals surface area (Å²) in [6, 6.07) is 8.85. The first-order valence-electron chi connectivity index (χ1n) is 10.3. The first kappa shape index (κ1) is 25.4. The fourth-order valence-corrected chi connectivity index (χ4v) is 4.89. The number of carboxylic acids is 1. The van der Waals surface area contributed by atoms with Crippen LogP contribution in [0.15, 0.2) is 66.0 Å². The average Bonchev–Trinajstić information content (AvgIpc) is 3.31. The van der Waals surface area contributed by atoms with E-state index >= 15 is 0 Å². The molecule has 3 aromatic rings. The molecular formula is C22H19FN2O10S. The maximum absolute atomic E-state index is 14.6. The number of carbonyl (C=O) groups is 2. The van der Waals surface area contributed by atoms with Gasteiger partial charge in [-0.2, -0.15) is 0 Å². The topological polar surface area (TPSA) is 185 Å². The monoisotopic (exact) mass is 522 g/mol. The zero-order valence-electron chi connectivity index (χ0n) is 18.1. The van der Waals surface area contributed by atoms with Crippen LogP contribution in [0.25, 0.3) is 11.3 Å². The van der Waals surface area contributed by atoms with E-state index in [-0.39, 0.29) is 16.2 Å². The molecule has 1 fully saturated rings. The molecule has 1 saturated heterocycles. The Hall–Kier alpha value is -3.69. The van der Waals surface area contributed by atoms with Crippen molar-refractivity contribution < 1.29 is 52.3 Å². The second-order valence-corrected chi connectivity index (χ2v) is 9.54. The van der Waals surface area contributed by atoms with E-state index < -0.39 is 64.0 Å². The minimum absolute atomic E-state index is 0.164. The molecule has 1 aromatic carbocycles. The van der Waals surface area contributed by atoms with Crippen molar-refractivity contribution in [3.05, 3.63) is 72.4 Å². The van der Waals surface area contributed by atoms with E-state index in [2.05, 4.69) is 4.98 Å². The number of hydrogen-bond acceptors (Lipinski definition) is 10. The summed E-state index contributed by atoms with van der Waals surface area (Å²) in [6.45, 7) is 0. The lowest BCUT2D eigenvalue weighted by atomic mass is 9.99. The summed E-state index contributed by atoms with van der Waals surface area (Å²) in [6.07, 6.45) is -6.84. The third-order valence-electron chi connectivity index (χ3n) is 5.40. The van der Waals surface area contributed by atoms with Crippen LogP contribution in [-0.4, -0.2) is 80.4 Å². The molecule has 0 bridgehead atoms. The number of aliphatic hydroxyl groups is 3. The molecule has 1 unspecified atom stereocenters. The minimum Gasteiger partial charge on any atom is -0.479 e. The fraction of sp³-hybridized carbons (Fsp3) is 0.227. The highest BCUT2D eigenvalue weighted by Gasteiger charge is 2.48. The molecule has 2 aromatic heterocycles. The molecule has 0 aliphatic carbocycles. The van der Waals surface area contributed by atoms with E-state index in [1.807, 2.05) is 0 Å². The molecule has 190 valence electrons. The van der Waals surface area contributed by atoms with Crippen molar-refractivity contribution in [2.24, 2.45) is 0 Å². The van der Waals surface area contributed by atoms with Gasteiger partial charge in [-0.25, -0.2) is 26.4 Å². The number of aliphatic carboxylic acids is 1. The third kappa shape index (κ3) is 4.59. The molecular weight excluding hydrogens is 503 g/mol. The van der Waals surface area contributed by atoms with E-state index in [1.165, 1.54) is 36.5 Å². The number of nitrogens with zero attached hydrogens (tertiary/aromatic N) is 2. The van der Waals surface area contributed by atoms with Crippen LogP contribution in [0.2, 0.25) is 0 Å². The van der Waals surface area contributed by atoms with Crippen molar-refractivity contribution in [3.8, 4) is 11.3 Å². The van der Waals surface area contributed by atoms with E-state index in [0.29, 0.717) is 3.97 Å². The predicted molar refractivity (Wildman–Crippen MR) is 116 cm³/mol. The molecule has 36 heavy (non-hydrogen) atoms. The van der Waals surface area contributed by atoms with Gasteiger partial charge in [-0.3, -0.25) is 4.98 Å². The summed E-state index contributed by atoms with van der Waals surface area (Å²) in [4.78, 5) is 27.6. The van der Waals surface area contributed by atoms with Gasteiger partial charge >= 0.3 is 11.9 Å². The van der Waals surface area contributed by atoms with Crippen LogP contribution in [0.5, 0.6) is 0 Å². The van der Waals surface area contributed by atoms with Gasteiger partial charge in [0.25, 0.3) is 10.0 Å². The summed E-state index contributed by atoms with van der Waals surface area (Å²) in [5.41, 5.74) is -0.834. The first-order valence-corrected chi connectivity index (χ1v) is 11.7. The molecule has 0 radical (unpaired) electrons. The van der Waals surface area contributed by atoms with Crippen LogP contribution in [0, 0.1) is 5.82 Å². The summed E-state index contributed by atoms with van der Waals surface area (Å²) in [5.74, 6) is -3.76. The van der Waals surface area contributed by atoms with E-state index in [9.17, 15) is 37.7 Å². The van der Waals surface area contributed by atoms with Gasteiger partial charge in [-0.1, -0.05) is 12.1 Å². The van der Waals surface area contributed by atoms with Crippen molar-refractivity contribution in [2.75, 3.05) is 0 Å². The Kier molecular flexibility index (Phi) is 6.88. The highest BCUT2D eigenvalue weighted by atomic mass is 32.2. The Bertz CT molecular complexity index is 1390. The van der Waals surface area contributed by atoms with Crippen LogP contribution in [0.4, 0.5) is 4.39 Å². The predicted octanol–water partition coefficient (Wildman–Crippen LogP) is -0.0248. The Labute approximate surface area is 202 Å². The number of hydrogen-bond donors (Lipinski definition) is 4. The number of carbonyl (C=O) groups excluding carboxylic acids is 1. The number of ether oxygens (including phenoxy) is 2. The molecule has 1 aliphatic heterocycles. The molecule has 12 nitrogen and oxygen atoms in total. The molecule has 14 heteroatoms. The maximum atomic E-state index is 14.6. The molecule has 5 atom stereocenters. The van der Waals surface area contributed by atoms with Crippen LogP contribution >= 0.6 is 0 Å². The first-order chi connectivity index (χ1) is 17.0. The number of aliphatic hydroxyl groups excluding tert-OH is 3. The van der Waals surface area contributed by atoms with Gasteiger partial charge in [-0.05, 0) is 30.3 Å². The van der Waals surface area contributed by atoms with Gasteiger partial charge in [0.15, 0.2) is 6.10 Å². The molecule has 1 aliphatic rings. The average molecular weight is 522 g/mol. The molecule has 3 heterocycles. The van der Waals surface area contributed by atoms with Crippen molar-refractivity contribution in [1.82, 2.24) is 8.96 Å². The number of rotatable bonds is 6. The molecule has 0 spiro atoms. The van der Waals surface area contributed by atoms with Gasteiger partial charge in [0.2, 0.25) is 6.29 Å². The molecule has 0 amide bonds. The van der Waals surface area contributed by atoms with Crippen LogP contribution in [-0.2, 0) is 24.3 Å². The largest absolute Gasteiger partial charge is 0.479 e. The smallest absolute Gasteiger partial charge is 0.342 e. The van der Waals surface area contributed by atoms with Crippen molar-refractivity contribution in [2.45, 2.75) is 35.6 Å². The minimum atomic E-state index is -4.38. The van der Waals surface area contributed by atoms with Crippen LogP contribution in [0.1, 0.15) is 10.4 Å². The van der Waals surface area contributed by atoms with E-state index in [1.54, 1.807) is 0 Å². The number of pyridine rings is 1. The number of benzene rings is 1. The Morgan fingerprint density at radius 2 is 1.78 bits per heavy atom. The number of aromatic nitrogens is 2. The van der Waals surface area contributed by atoms with Gasteiger partial charge < -0.3 is 29.9 Å². The molecule has 4 N–H and O–H groups in total. The van der Waals surface area contributed by atoms with Crippen molar-refractivity contribution >= 4 is 22.0 Å². The third-order valence-corrected chi connectivity index (χ3v) is 7.06. The Morgan fingerprint density at radius 1 is 1.06 bits per heavy atom. The lowest BCUT2D eigenvalue weighted by Crippen LogP contribution is -2.60. The van der Waals surface area contributed by atoms with E-state index in [0.717, 1.165) is 24.5 Å². The SMILES string of the molecule is O=C(OC1O[C@H](C(=O)O)[C@@H](O)[C@H](O)[C@H]1O)c1cc(-c2ccccc2F)n(S(=O)(=O)c2cccnc2)c1. The Morgan fingerprint density at radius 3 is 2.42 bits per heavy atom. The van der Waals surface area contributed by atoms with Crippen molar-refractivity contribution in [1.29, 1.82) is 0 Å². The lowest BCUT2D eigenvalue weighted by Gasteiger charge is -2.37. The summed E-state index contributed by atoms with van der Waals surface area (Å²) < 4.78 is 51.7. The van der Waals surface area contributed by atoms with Crippen molar-refractivity contribution in [3.63, 3.8) is 0 Å². The Balaban J connectivity index is 1.74. The maximum Gasteiger partial charge on any atom is 0.342 e. The summed E-state index contributed by atoms with van der Waals surface area (Å²) in [7, 11) is -4.38. The number of halogens is 1. The lowest BCUT2D eigenvalue weighted by molar-refractivity contribution is -0.278. The highest BCUT2D eigenvalue weighted by Crippen LogP contribution is 2.30. The molecule has 4 rings (SSSR count). The van der Waals surface area contributed by atoms with Gasteiger partial charge in [0.05, 0.1) is 11.3 Å². The van der Waals surface area contributed by atoms with Crippen LogP contribution in [0.3, 0.4) is 0 Å². The van der Waals surface area contributed by atoms with Gasteiger partial charge in [-0.15, -0.1) is 0 Å². The van der Waals surface area contributed by atoms with Gasteiger partial charge in [0, 0.05) is 24.2 Å². The van der Waals surface area contributed by atoms with Crippen LogP contribution < -0.4 is 0 Å². The van der Waals surface area contributed by atoms with E-state index in [4.69, 9.17) is 14.6 Å². The second kappa shape index (κ2) is 9.75. The zero-order valence-corrected chi connectivity index (χ0v) is 18.9. The second-order valence-electron chi connectivity index (χ2n) is 7.72. The van der Waals surface area contributed by atoms with Gasteiger partial charge in [0.1, 0.15) is 29.0 Å². The quantitative estimate of drug-likeness (QED) is 0.319. The highest BCUT2D eigenvalue weighted by molar-refractivity contribution is 7.90. The normalized spacial score (nSPS) is 24.3. The summed E-state index contributed by atoms with van der Waals surface area (Å²) in [5, 5.41) is 38.9. The fourth-order valence-electron chi connectivity index (χ4n) is 3.56. The summed E-state index contributed by atoms with van der Waals surface area (Å²) >= 11 is 0. The molecule has 0 saturated carbocycles. The number of esters is 1. The standard InChI is InChI=1S/C22H19FN2O10S/c23-14-6-2-1-5-13(14)15-8-11(10-25(15)36(32,33)12-4-3-7-24-9-12)21(31)35-22-18(28)16(26)17(27)19(34-22)20(29)30/h1-10,16-19,22,26-28H,(H,29,30)/t16-,17-,18+,19-,22?/m0/s1. The zero-order chi connectivity index (χ0) is 26.2.